The van der Waals surface area contributed by atoms with Crippen molar-refractivity contribution in [3.05, 3.63) is 35.4 Å². The number of benzene rings is 1. The first kappa shape index (κ1) is 13.5. The summed E-state index contributed by atoms with van der Waals surface area (Å²) < 4.78 is 26.1. The molecule has 100 valence electrons. The third kappa shape index (κ3) is 2.72. The van der Waals surface area contributed by atoms with Gasteiger partial charge in [-0.05, 0) is 49.3 Å². The molecule has 1 aliphatic rings. The normalized spacial score (nSPS) is 28.3. The number of rotatable bonds is 3. The molecule has 0 amide bonds. The summed E-state index contributed by atoms with van der Waals surface area (Å²) in [5.41, 5.74) is -0.463. The Morgan fingerprint density at radius 3 is 2.44 bits per heavy atom. The molecule has 1 aromatic carbocycles. The van der Waals surface area contributed by atoms with Gasteiger partial charge in [-0.15, -0.1) is 0 Å². The summed E-state index contributed by atoms with van der Waals surface area (Å²) in [6, 6.07) is 3.73. The second-order valence-electron chi connectivity index (χ2n) is 5.39. The maximum atomic E-state index is 13.2. The predicted molar refractivity (Wildman–Crippen MR) is 67.1 cm³/mol. The summed E-state index contributed by atoms with van der Waals surface area (Å²) in [7, 11) is 0. The first-order valence-electron chi connectivity index (χ1n) is 6.73. The first-order chi connectivity index (χ1) is 8.55. The van der Waals surface area contributed by atoms with E-state index in [1.807, 2.05) is 0 Å². The Balaban J connectivity index is 2.10. The van der Waals surface area contributed by atoms with Crippen LogP contribution in [0.15, 0.2) is 18.2 Å². The zero-order chi connectivity index (χ0) is 13.2. The summed E-state index contributed by atoms with van der Waals surface area (Å²) in [6.45, 7) is 2.16. The topological polar surface area (TPSA) is 20.2 Å². The molecule has 3 heteroatoms. The summed E-state index contributed by atoms with van der Waals surface area (Å²) in [5, 5.41) is 10.6. The van der Waals surface area contributed by atoms with Gasteiger partial charge < -0.3 is 5.11 Å². The summed E-state index contributed by atoms with van der Waals surface area (Å²) in [4.78, 5) is 0. The Morgan fingerprint density at radius 1 is 1.22 bits per heavy atom. The Bertz CT molecular complexity index is 409. The molecule has 0 spiro atoms. The molecule has 18 heavy (non-hydrogen) atoms. The van der Waals surface area contributed by atoms with Gasteiger partial charge in [-0.25, -0.2) is 8.78 Å². The highest BCUT2D eigenvalue weighted by molar-refractivity contribution is 5.24. The van der Waals surface area contributed by atoms with Crippen LogP contribution in [0, 0.1) is 17.6 Å². The molecule has 0 bridgehead atoms. The van der Waals surface area contributed by atoms with E-state index in [0.717, 1.165) is 31.4 Å². The van der Waals surface area contributed by atoms with Gasteiger partial charge in [0.1, 0.15) is 0 Å². The van der Waals surface area contributed by atoms with Crippen molar-refractivity contribution < 1.29 is 13.9 Å². The van der Waals surface area contributed by atoms with Crippen molar-refractivity contribution in [1.82, 2.24) is 0 Å². The molecule has 1 aromatic rings. The molecular weight excluding hydrogens is 234 g/mol. The van der Waals surface area contributed by atoms with Crippen LogP contribution in [0.5, 0.6) is 0 Å². The average Bonchev–Trinajstić information content (AvgIpc) is 2.36. The van der Waals surface area contributed by atoms with Crippen molar-refractivity contribution >= 4 is 0 Å². The third-order valence-corrected chi connectivity index (χ3v) is 4.09. The fourth-order valence-corrected chi connectivity index (χ4v) is 2.93. The van der Waals surface area contributed by atoms with Gasteiger partial charge in [0.05, 0.1) is 5.60 Å². The summed E-state index contributed by atoms with van der Waals surface area (Å²) in [5.74, 6) is -1.07. The van der Waals surface area contributed by atoms with Crippen molar-refractivity contribution in [2.24, 2.45) is 5.92 Å². The molecule has 0 saturated heterocycles. The minimum Gasteiger partial charge on any atom is -0.385 e. The Labute approximate surface area is 107 Å². The highest BCUT2D eigenvalue weighted by Gasteiger charge is 2.34. The van der Waals surface area contributed by atoms with E-state index in [9.17, 15) is 13.9 Å². The van der Waals surface area contributed by atoms with Crippen molar-refractivity contribution in [2.75, 3.05) is 0 Å². The average molecular weight is 254 g/mol. The molecule has 0 unspecified atom stereocenters. The molecule has 0 aromatic heterocycles. The maximum Gasteiger partial charge on any atom is 0.159 e. The van der Waals surface area contributed by atoms with Crippen molar-refractivity contribution in [2.45, 2.75) is 51.0 Å². The van der Waals surface area contributed by atoms with E-state index >= 15 is 0 Å². The van der Waals surface area contributed by atoms with Gasteiger partial charge in [-0.2, -0.15) is 0 Å². The number of hydrogen-bond acceptors (Lipinski definition) is 1. The van der Waals surface area contributed by atoms with Crippen LogP contribution in [-0.2, 0) is 5.60 Å². The van der Waals surface area contributed by atoms with Gasteiger partial charge in [-0.1, -0.05) is 25.8 Å². The van der Waals surface area contributed by atoms with E-state index in [4.69, 9.17) is 0 Å². The second-order valence-corrected chi connectivity index (χ2v) is 5.39. The van der Waals surface area contributed by atoms with Gasteiger partial charge in [0.2, 0.25) is 0 Å². The Morgan fingerprint density at radius 2 is 1.89 bits per heavy atom. The minimum atomic E-state index is -0.973. The van der Waals surface area contributed by atoms with Gasteiger partial charge in [0.15, 0.2) is 11.6 Å². The molecule has 1 saturated carbocycles. The molecule has 1 nitrogen and oxygen atoms in total. The van der Waals surface area contributed by atoms with Gasteiger partial charge in [-0.3, -0.25) is 0 Å². The fourth-order valence-electron chi connectivity index (χ4n) is 2.93. The Kier molecular flexibility index (Phi) is 4.00. The van der Waals surface area contributed by atoms with Crippen LogP contribution in [0.25, 0.3) is 0 Å². The highest BCUT2D eigenvalue weighted by atomic mass is 19.2. The van der Waals surface area contributed by atoms with E-state index in [0.29, 0.717) is 24.3 Å². The fraction of sp³-hybridized carbons (Fsp3) is 0.600. The Hall–Kier alpha value is -0.960. The maximum absolute atomic E-state index is 13.2. The molecular formula is C15H20F2O. The molecule has 0 heterocycles. The van der Waals surface area contributed by atoms with Crippen LogP contribution in [0.4, 0.5) is 8.78 Å². The number of aliphatic hydroxyl groups is 1. The van der Waals surface area contributed by atoms with Gasteiger partial charge in [0, 0.05) is 0 Å². The van der Waals surface area contributed by atoms with E-state index < -0.39 is 17.2 Å². The molecule has 0 aliphatic heterocycles. The molecule has 2 rings (SSSR count). The summed E-state index contributed by atoms with van der Waals surface area (Å²) >= 11 is 0. The highest BCUT2D eigenvalue weighted by Crippen LogP contribution is 2.41. The van der Waals surface area contributed by atoms with Crippen LogP contribution in [0.1, 0.15) is 51.0 Å². The molecule has 1 aliphatic carbocycles. The SMILES string of the molecule is CCCC1CCC(O)(c2ccc(F)c(F)c2)CC1. The van der Waals surface area contributed by atoms with Gasteiger partial charge >= 0.3 is 0 Å². The molecule has 0 radical (unpaired) electrons. The lowest BCUT2D eigenvalue weighted by atomic mass is 9.74. The standard InChI is InChI=1S/C15H20F2O/c1-2-3-11-6-8-15(18,9-7-11)12-4-5-13(16)14(17)10-12/h4-5,10-11,18H,2-3,6-9H2,1H3. The van der Waals surface area contributed by atoms with Crippen LogP contribution in [0.3, 0.4) is 0 Å². The molecule has 1 N–H and O–H groups in total. The number of hydrogen-bond donors (Lipinski definition) is 1. The second kappa shape index (κ2) is 5.35. The van der Waals surface area contributed by atoms with E-state index in [-0.39, 0.29) is 0 Å². The van der Waals surface area contributed by atoms with E-state index in [2.05, 4.69) is 6.92 Å². The number of halogens is 2. The van der Waals surface area contributed by atoms with Crippen LogP contribution >= 0.6 is 0 Å². The summed E-state index contributed by atoms with van der Waals surface area (Å²) in [6.07, 6.45) is 5.56. The van der Waals surface area contributed by atoms with Crippen LogP contribution < -0.4 is 0 Å². The van der Waals surface area contributed by atoms with Crippen molar-refractivity contribution in [3.8, 4) is 0 Å². The third-order valence-electron chi connectivity index (χ3n) is 4.09. The molecule has 1 fully saturated rings. The van der Waals surface area contributed by atoms with Crippen LogP contribution in [-0.4, -0.2) is 5.11 Å². The van der Waals surface area contributed by atoms with Crippen molar-refractivity contribution in [1.29, 1.82) is 0 Å². The smallest absolute Gasteiger partial charge is 0.159 e. The molecule has 0 atom stereocenters. The monoisotopic (exact) mass is 254 g/mol. The van der Waals surface area contributed by atoms with Crippen LogP contribution in [0.2, 0.25) is 0 Å². The quantitative estimate of drug-likeness (QED) is 0.859. The first-order valence-corrected chi connectivity index (χ1v) is 6.73. The zero-order valence-corrected chi connectivity index (χ0v) is 10.8. The van der Waals surface area contributed by atoms with E-state index in [1.54, 1.807) is 0 Å². The lowest BCUT2D eigenvalue weighted by molar-refractivity contribution is -0.0155. The largest absolute Gasteiger partial charge is 0.385 e. The zero-order valence-electron chi connectivity index (χ0n) is 10.8. The van der Waals surface area contributed by atoms with Crippen molar-refractivity contribution in [3.63, 3.8) is 0 Å². The lowest BCUT2D eigenvalue weighted by Crippen LogP contribution is -2.31. The lowest BCUT2D eigenvalue weighted by Gasteiger charge is -2.36. The van der Waals surface area contributed by atoms with Gasteiger partial charge in [0.25, 0.3) is 0 Å². The minimum absolute atomic E-state index is 0.511. The predicted octanol–water partition coefficient (Wildman–Crippen LogP) is 4.14. The van der Waals surface area contributed by atoms with E-state index in [1.165, 1.54) is 12.5 Å².